The lowest BCUT2D eigenvalue weighted by molar-refractivity contribution is 0.206. The van der Waals surface area contributed by atoms with E-state index in [9.17, 15) is 13.2 Å². The van der Waals surface area contributed by atoms with Gasteiger partial charge in [-0.25, -0.2) is 23.2 Å². The Labute approximate surface area is 257 Å². The van der Waals surface area contributed by atoms with E-state index < -0.39 is 9.84 Å². The van der Waals surface area contributed by atoms with Crippen LogP contribution in [-0.2, 0) is 29.2 Å². The zero-order valence-corrected chi connectivity index (χ0v) is 25.7. The normalized spacial score (nSPS) is 12.9. The number of carbonyl (C=O) groups is 1. The summed E-state index contributed by atoms with van der Waals surface area (Å²) in [5.74, 6) is 0.622. The lowest BCUT2D eigenvalue weighted by Crippen LogP contribution is -2.39. The molecule has 0 radical (unpaired) electrons. The molecule has 9 heteroatoms. The van der Waals surface area contributed by atoms with Crippen molar-refractivity contribution in [2.75, 3.05) is 18.1 Å². The fourth-order valence-electron chi connectivity index (χ4n) is 5.52. The van der Waals surface area contributed by atoms with Crippen LogP contribution in [0.15, 0.2) is 96.2 Å². The molecule has 1 aliphatic heterocycles. The Balaban J connectivity index is 1.32. The highest BCUT2D eigenvalue weighted by Gasteiger charge is 2.27. The van der Waals surface area contributed by atoms with Gasteiger partial charge in [0, 0.05) is 54.0 Å². The highest BCUT2D eigenvalue weighted by atomic mass is 32.2. The highest BCUT2D eigenvalue weighted by molar-refractivity contribution is 7.90. The number of aromatic nitrogens is 3. The van der Waals surface area contributed by atoms with E-state index in [4.69, 9.17) is 9.97 Å². The predicted molar refractivity (Wildman–Crippen MR) is 173 cm³/mol. The van der Waals surface area contributed by atoms with Crippen molar-refractivity contribution in [1.29, 1.82) is 0 Å². The van der Waals surface area contributed by atoms with Crippen molar-refractivity contribution in [3.63, 3.8) is 0 Å². The number of pyridine rings is 1. The SMILES string of the molecule is CCc1cc(NC(=O)N2CCc3nc(-c4cccnc4)nc(-c4ccccc4C)c3C2)cc(-c2cccc(S(C)(=O)=O)c2)c1. The second-order valence-electron chi connectivity index (χ2n) is 11.1. The van der Waals surface area contributed by atoms with Gasteiger partial charge in [-0.05, 0) is 72.0 Å². The third kappa shape index (κ3) is 6.09. The summed E-state index contributed by atoms with van der Waals surface area (Å²) in [6.45, 7) is 4.98. The molecule has 0 fully saturated rings. The van der Waals surface area contributed by atoms with E-state index in [0.29, 0.717) is 31.0 Å². The standard InChI is InChI=1S/C35H33N5O3S/c1-4-24-17-27(25-10-7-12-29(20-25)44(3,42)43)19-28(18-24)37-35(41)40-16-14-32-31(22-40)33(30-13-6-5-9-23(30)2)39-34(38-32)26-11-8-15-36-21-26/h5-13,15,17-21H,4,14,16,22H2,1-3H3,(H,37,41). The molecule has 2 aromatic heterocycles. The monoisotopic (exact) mass is 603 g/mol. The van der Waals surface area contributed by atoms with Crippen LogP contribution in [0.25, 0.3) is 33.8 Å². The Kier molecular flexibility index (Phi) is 7.97. The van der Waals surface area contributed by atoms with Crippen molar-refractivity contribution in [2.45, 2.75) is 38.1 Å². The largest absolute Gasteiger partial charge is 0.322 e. The van der Waals surface area contributed by atoms with Crippen molar-refractivity contribution in [2.24, 2.45) is 0 Å². The third-order valence-corrected chi connectivity index (χ3v) is 9.03. The minimum atomic E-state index is -3.35. The van der Waals surface area contributed by atoms with Gasteiger partial charge in [-0.3, -0.25) is 4.98 Å². The van der Waals surface area contributed by atoms with Crippen molar-refractivity contribution in [1.82, 2.24) is 19.9 Å². The van der Waals surface area contributed by atoms with Gasteiger partial charge < -0.3 is 10.2 Å². The molecule has 0 bridgehead atoms. The van der Waals surface area contributed by atoms with Crippen molar-refractivity contribution in [3.8, 4) is 33.8 Å². The number of nitrogens with zero attached hydrogens (tertiary/aromatic N) is 4. The van der Waals surface area contributed by atoms with Gasteiger partial charge in [-0.1, -0.05) is 49.4 Å². The minimum absolute atomic E-state index is 0.216. The number of rotatable bonds is 6. The van der Waals surface area contributed by atoms with Crippen molar-refractivity contribution < 1.29 is 13.2 Å². The van der Waals surface area contributed by atoms with Crippen LogP contribution < -0.4 is 5.32 Å². The second kappa shape index (κ2) is 12.0. The highest BCUT2D eigenvalue weighted by Crippen LogP contribution is 2.33. The maximum atomic E-state index is 13.7. The van der Waals surface area contributed by atoms with Crippen LogP contribution in [0, 0.1) is 6.92 Å². The molecule has 2 amide bonds. The summed E-state index contributed by atoms with van der Waals surface area (Å²) in [6.07, 6.45) is 6.05. The van der Waals surface area contributed by atoms with Crippen LogP contribution in [0.2, 0.25) is 0 Å². The average molecular weight is 604 g/mol. The number of urea groups is 1. The number of anilines is 1. The van der Waals surface area contributed by atoms with Crippen LogP contribution in [-0.4, -0.2) is 47.1 Å². The molecule has 1 aliphatic rings. The van der Waals surface area contributed by atoms with Crippen LogP contribution in [0.1, 0.15) is 29.3 Å². The van der Waals surface area contributed by atoms with E-state index in [0.717, 1.165) is 56.8 Å². The van der Waals surface area contributed by atoms with E-state index >= 15 is 0 Å². The maximum Gasteiger partial charge on any atom is 0.322 e. The number of nitrogens with one attached hydrogen (secondary N) is 1. The molecule has 6 rings (SSSR count). The van der Waals surface area contributed by atoms with Gasteiger partial charge in [0.25, 0.3) is 0 Å². The fourth-order valence-corrected chi connectivity index (χ4v) is 6.18. The summed E-state index contributed by atoms with van der Waals surface area (Å²) < 4.78 is 24.3. The number of carbonyl (C=O) groups excluding carboxylic acids is 1. The first-order valence-corrected chi connectivity index (χ1v) is 16.5. The molecule has 44 heavy (non-hydrogen) atoms. The van der Waals surface area contributed by atoms with Gasteiger partial charge in [-0.2, -0.15) is 0 Å². The summed E-state index contributed by atoms with van der Waals surface area (Å²) in [5.41, 5.74) is 8.95. The number of amides is 2. The molecule has 0 aliphatic carbocycles. The number of benzene rings is 3. The first-order valence-electron chi connectivity index (χ1n) is 14.6. The molecule has 0 spiro atoms. The number of fused-ring (bicyclic) bond motifs is 1. The number of sulfone groups is 1. The molecule has 0 unspecified atom stereocenters. The van der Waals surface area contributed by atoms with Gasteiger partial charge in [0.2, 0.25) is 0 Å². The molecule has 0 saturated heterocycles. The molecule has 3 heterocycles. The average Bonchev–Trinajstić information content (AvgIpc) is 3.04. The maximum absolute atomic E-state index is 13.7. The molecule has 0 saturated carbocycles. The molecular formula is C35H33N5O3S. The second-order valence-corrected chi connectivity index (χ2v) is 13.1. The van der Waals surface area contributed by atoms with Crippen LogP contribution >= 0.6 is 0 Å². The Morgan fingerprint density at radius 3 is 2.50 bits per heavy atom. The summed E-state index contributed by atoms with van der Waals surface area (Å²) in [5, 5.41) is 3.10. The van der Waals surface area contributed by atoms with E-state index in [1.807, 2.05) is 55.5 Å². The van der Waals surface area contributed by atoms with Crippen molar-refractivity contribution in [3.05, 3.63) is 114 Å². The fraction of sp³-hybridized carbons (Fsp3) is 0.200. The molecule has 5 aromatic rings. The van der Waals surface area contributed by atoms with E-state index in [1.165, 1.54) is 6.26 Å². The zero-order valence-electron chi connectivity index (χ0n) is 24.9. The summed E-state index contributed by atoms with van der Waals surface area (Å²) in [4.78, 5) is 29.9. The van der Waals surface area contributed by atoms with Gasteiger partial charge in [0.05, 0.1) is 22.8 Å². The van der Waals surface area contributed by atoms with Gasteiger partial charge >= 0.3 is 6.03 Å². The third-order valence-electron chi connectivity index (χ3n) is 7.92. The Bertz CT molecular complexity index is 1980. The Morgan fingerprint density at radius 2 is 1.75 bits per heavy atom. The molecule has 8 nitrogen and oxygen atoms in total. The van der Waals surface area contributed by atoms with Crippen LogP contribution in [0.3, 0.4) is 0 Å². The summed E-state index contributed by atoms with van der Waals surface area (Å²) in [6, 6.07) is 24.5. The van der Waals surface area contributed by atoms with Crippen molar-refractivity contribution >= 4 is 21.6 Å². The predicted octanol–water partition coefficient (Wildman–Crippen LogP) is 6.74. The van der Waals surface area contributed by atoms with E-state index in [-0.39, 0.29) is 10.9 Å². The lowest BCUT2D eigenvalue weighted by Gasteiger charge is -2.30. The van der Waals surface area contributed by atoms with Gasteiger partial charge in [0.1, 0.15) is 0 Å². The van der Waals surface area contributed by atoms with E-state index in [1.54, 1.807) is 35.5 Å². The molecule has 3 aromatic carbocycles. The van der Waals surface area contributed by atoms with E-state index in [2.05, 4.69) is 29.4 Å². The van der Waals surface area contributed by atoms with Gasteiger partial charge in [-0.15, -0.1) is 0 Å². The Hall–Kier alpha value is -4.89. The number of aryl methyl sites for hydroxylation is 2. The molecule has 1 N–H and O–H groups in total. The first kappa shape index (κ1) is 29.2. The summed E-state index contributed by atoms with van der Waals surface area (Å²) in [7, 11) is -3.35. The van der Waals surface area contributed by atoms with Gasteiger partial charge in [0.15, 0.2) is 15.7 Å². The van der Waals surface area contributed by atoms with Crippen LogP contribution in [0.5, 0.6) is 0 Å². The number of hydrogen-bond donors (Lipinski definition) is 1. The minimum Gasteiger partial charge on any atom is -0.320 e. The zero-order chi connectivity index (χ0) is 30.8. The number of hydrogen-bond acceptors (Lipinski definition) is 6. The summed E-state index contributed by atoms with van der Waals surface area (Å²) >= 11 is 0. The molecular weight excluding hydrogens is 570 g/mol. The lowest BCUT2D eigenvalue weighted by atomic mass is 9.96. The Morgan fingerprint density at radius 1 is 0.932 bits per heavy atom. The van der Waals surface area contributed by atoms with Crippen LogP contribution in [0.4, 0.5) is 10.5 Å². The quantitative estimate of drug-likeness (QED) is 0.231. The topological polar surface area (TPSA) is 105 Å². The smallest absolute Gasteiger partial charge is 0.320 e. The first-order chi connectivity index (χ1) is 21.2. The molecule has 0 atom stereocenters. The molecule has 222 valence electrons.